The molecule has 0 aliphatic carbocycles. The maximum atomic E-state index is 9.44. The monoisotopic (exact) mass is 289 g/mol. The first-order valence-electron chi connectivity index (χ1n) is 6.44. The molecule has 1 aromatic heterocycles. The molecule has 0 amide bonds. The molecule has 0 saturated carbocycles. The zero-order valence-corrected chi connectivity index (χ0v) is 13.0. The van der Waals surface area contributed by atoms with E-state index in [1.54, 1.807) is 11.8 Å². The number of aromatic nitrogens is 2. The van der Waals surface area contributed by atoms with Crippen LogP contribution in [0.15, 0.2) is 4.34 Å². The molecule has 4 nitrogen and oxygen atoms in total. The lowest BCUT2D eigenvalue weighted by Gasteiger charge is -2.30. The maximum absolute atomic E-state index is 9.44. The molecule has 0 spiro atoms. The predicted octanol–water partition coefficient (Wildman–Crippen LogP) is 2.33. The van der Waals surface area contributed by atoms with E-state index in [0.717, 1.165) is 41.6 Å². The van der Waals surface area contributed by atoms with Gasteiger partial charge in [-0.15, -0.1) is 0 Å². The number of aliphatic hydroxyl groups is 1. The van der Waals surface area contributed by atoms with Crippen LogP contribution in [0.5, 0.6) is 0 Å². The molecule has 1 aromatic rings. The van der Waals surface area contributed by atoms with Crippen LogP contribution in [0.25, 0.3) is 0 Å². The fourth-order valence-corrected chi connectivity index (χ4v) is 3.46. The van der Waals surface area contributed by atoms with Gasteiger partial charge in [-0.25, -0.2) is 4.98 Å². The third-order valence-corrected chi connectivity index (χ3v) is 5.26. The maximum Gasteiger partial charge on any atom is 0.170 e. The number of hydrogen-bond donors (Lipinski definition) is 2. The van der Waals surface area contributed by atoms with E-state index < -0.39 is 0 Å². The van der Waals surface area contributed by atoms with E-state index in [9.17, 15) is 5.11 Å². The van der Waals surface area contributed by atoms with Crippen LogP contribution in [-0.2, 0) is 6.42 Å². The first-order chi connectivity index (χ1) is 8.69. The van der Waals surface area contributed by atoms with Gasteiger partial charge in [0, 0.05) is 17.7 Å². The van der Waals surface area contributed by atoms with Gasteiger partial charge in [0.15, 0.2) is 4.34 Å². The lowest BCUT2D eigenvalue weighted by Crippen LogP contribution is -2.45. The van der Waals surface area contributed by atoms with Crippen LogP contribution >= 0.6 is 23.3 Å². The highest BCUT2D eigenvalue weighted by atomic mass is 32.2. The predicted molar refractivity (Wildman–Crippen MR) is 78.4 cm³/mol. The van der Waals surface area contributed by atoms with Gasteiger partial charge >= 0.3 is 0 Å². The van der Waals surface area contributed by atoms with Crippen molar-refractivity contribution in [3.05, 3.63) is 5.82 Å². The number of aliphatic hydroxyl groups excluding tert-OH is 1. The second kappa shape index (κ2) is 8.09. The summed E-state index contributed by atoms with van der Waals surface area (Å²) in [6.07, 6.45) is 3.91. The van der Waals surface area contributed by atoms with Crippen LogP contribution in [0, 0.1) is 0 Å². The molecule has 2 N–H and O–H groups in total. The zero-order valence-electron chi connectivity index (χ0n) is 11.4. The molecule has 0 aliphatic rings. The average molecular weight is 289 g/mol. The van der Waals surface area contributed by atoms with E-state index in [0.29, 0.717) is 0 Å². The summed E-state index contributed by atoms with van der Waals surface area (Å²) in [5.41, 5.74) is -0.115. The van der Waals surface area contributed by atoms with Crippen LogP contribution in [0.3, 0.4) is 0 Å². The van der Waals surface area contributed by atoms with E-state index in [1.807, 2.05) is 7.05 Å². The lowest BCUT2D eigenvalue weighted by atomic mass is 9.92. The van der Waals surface area contributed by atoms with E-state index >= 15 is 0 Å². The molecular weight excluding hydrogens is 266 g/mol. The Kier molecular flexibility index (Phi) is 7.14. The Bertz CT molecular complexity index is 332. The van der Waals surface area contributed by atoms with Gasteiger partial charge in [0.1, 0.15) is 5.82 Å². The summed E-state index contributed by atoms with van der Waals surface area (Å²) in [6.45, 7) is 4.38. The van der Waals surface area contributed by atoms with Crippen molar-refractivity contribution in [3.63, 3.8) is 0 Å². The number of aryl methyl sites for hydroxylation is 1. The van der Waals surface area contributed by atoms with Crippen LogP contribution in [0.2, 0.25) is 0 Å². The van der Waals surface area contributed by atoms with Crippen molar-refractivity contribution in [2.24, 2.45) is 0 Å². The Morgan fingerprint density at radius 1 is 1.44 bits per heavy atom. The van der Waals surface area contributed by atoms with Gasteiger partial charge in [0.25, 0.3) is 0 Å². The molecular formula is C12H23N3OS2. The van der Waals surface area contributed by atoms with Gasteiger partial charge in [-0.3, -0.25) is 0 Å². The Labute approximate surface area is 118 Å². The Balaban J connectivity index is 2.29. The first kappa shape index (κ1) is 15.9. The number of thioether (sulfide) groups is 1. The van der Waals surface area contributed by atoms with Crippen LogP contribution < -0.4 is 5.32 Å². The van der Waals surface area contributed by atoms with Gasteiger partial charge in [0.05, 0.1) is 6.61 Å². The third kappa shape index (κ3) is 4.50. The van der Waals surface area contributed by atoms with E-state index in [-0.39, 0.29) is 12.1 Å². The van der Waals surface area contributed by atoms with E-state index in [1.165, 1.54) is 11.5 Å². The van der Waals surface area contributed by atoms with E-state index in [4.69, 9.17) is 0 Å². The Hall–Kier alpha value is -0.170. The van der Waals surface area contributed by atoms with Crippen molar-refractivity contribution in [3.8, 4) is 0 Å². The third-order valence-electron chi connectivity index (χ3n) is 3.30. The summed E-state index contributed by atoms with van der Waals surface area (Å²) >= 11 is 3.25. The van der Waals surface area contributed by atoms with Crippen molar-refractivity contribution in [2.75, 3.05) is 19.4 Å². The molecule has 1 heterocycles. The summed E-state index contributed by atoms with van der Waals surface area (Å²) in [6, 6.07) is 0. The Morgan fingerprint density at radius 2 is 2.22 bits per heavy atom. The fraction of sp³-hybridized carbons (Fsp3) is 0.833. The largest absolute Gasteiger partial charge is 0.394 e. The minimum absolute atomic E-state index is 0.115. The summed E-state index contributed by atoms with van der Waals surface area (Å²) in [7, 11) is 1.92. The molecule has 0 aliphatic heterocycles. The average Bonchev–Trinajstić information content (AvgIpc) is 2.88. The SMILES string of the molecule is CCc1nsc(SCCCC(CC)(CO)NC)n1. The highest BCUT2D eigenvalue weighted by molar-refractivity contribution is 8.00. The highest BCUT2D eigenvalue weighted by Crippen LogP contribution is 2.24. The standard InChI is InChI=1S/C12H23N3OS2/c1-4-10-14-11(18-15-10)17-8-6-7-12(5-2,9-16)13-3/h13,16H,4-9H2,1-3H3. The summed E-state index contributed by atoms with van der Waals surface area (Å²) in [5.74, 6) is 1.97. The Morgan fingerprint density at radius 3 is 2.72 bits per heavy atom. The van der Waals surface area contributed by atoms with Crippen molar-refractivity contribution in [1.29, 1.82) is 0 Å². The smallest absolute Gasteiger partial charge is 0.170 e. The molecule has 1 rings (SSSR count). The second-order valence-corrected chi connectivity index (χ2v) is 6.42. The van der Waals surface area contributed by atoms with Crippen LogP contribution in [0.1, 0.15) is 38.9 Å². The molecule has 1 atom stereocenters. The van der Waals surface area contributed by atoms with Crippen LogP contribution in [0.4, 0.5) is 0 Å². The quantitative estimate of drug-likeness (QED) is 0.540. The van der Waals surface area contributed by atoms with Gasteiger partial charge < -0.3 is 10.4 Å². The number of likely N-dealkylation sites (N-methyl/N-ethyl adjacent to an activating group) is 1. The molecule has 104 valence electrons. The first-order valence-corrected chi connectivity index (χ1v) is 8.20. The number of nitrogens with zero attached hydrogens (tertiary/aromatic N) is 2. The molecule has 0 aromatic carbocycles. The molecule has 0 bridgehead atoms. The molecule has 1 unspecified atom stereocenters. The molecule has 18 heavy (non-hydrogen) atoms. The summed E-state index contributed by atoms with van der Waals surface area (Å²) in [5, 5.41) is 12.7. The number of rotatable bonds is 9. The molecule has 0 fully saturated rings. The summed E-state index contributed by atoms with van der Waals surface area (Å²) < 4.78 is 5.33. The zero-order chi connectivity index (χ0) is 13.4. The van der Waals surface area contributed by atoms with Crippen molar-refractivity contribution in [1.82, 2.24) is 14.7 Å². The number of hydrogen-bond acceptors (Lipinski definition) is 6. The van der Waals surface area contributed by atoms with Crippen molar-refractivity contribution in [2.45, 2.75) is 49.4 Å². The van der Waals surface area contributed by atoms with Crippen molar-refractivity contribution < 1.29 is 5.11 Å². The summed E-state index contributed by atoms with van der Waals surface area (Å²) in [4.78, 5) is 4.43. The lowest BCUT2D eigenvalue weighted by molar-refractivity contribution is 0.154. The van der Waals surface area contributed by atoms with Gasteiger partial charge in [0.2, 0.25) is 0 Å². The number of nitrogens with one attached hydrogen (secondary N) is 1. The molecule has 0 radical (unpaired) electrons. The normalized spacial score (nSPS) is 14.7. The molecule has 0 saturated heterocycles. The topological polar surface area (TPSA) is 58.0 Å². The van der Waals surface area contributed by atoms with E-state index in [2.05, 4.69) is 28.5 Å². The van der Waals surface area contributed by atoms with Gasteiger partial charge in [-0.05, 0) is 37.8 Å². The van der Waals surface area contributed by atoms with Gasteiger partial charge in [-0.2, -0.15) is 4.37 Å². The van der Waals surface area contributed by atoms with Crippen LogP contribution in [-0.4, -0.2) is 39.4 Å². The minimum atomic E-state index is -0.115. The fourth-order valence-electron chi connectivity index (χ4n) is 1.76. The minimum Gasteiger partial charge on any atom is -0.394 e. The second-order valence-electron chi connectivity index (χ2n) is 4.32. The highest BCUT2D eigenvalue weighted by Gasteiger charge is 2.24. The van der Waals surface area contributed by atoms with Gasteiger partial charge in [-0.1, -0.05) is 25.6 Å². The van der Waals surface area contributed by atoms with Crippen molar-refractivity contribution >= 4 is 23.3 Å². The molecule has 6 heteroatoms.